The van der Waals surface area contributed by atoms with Crippen LogP contribution in [-0.4, -0.2) is 16.0 Å². The Hall–Kier alpha value is -2.43. The fraction of sp³-hybridized carbons (Fsp3) is 0.200. The summed E-state index contributed by atoms with van der Waals surface area (Å²) in [4.78, 5) is 15.9. The zero-order valence-electron chi connectivity index (χ0n) is 10.6. The molecule has 2 aromatic rings. The average molecular weight is 272 g/mol. The van der Waals surface area contributed by atoms with Gasteiger partial charge >= 0.3 is 0 Å². The van der Waals surface area contributed by atoms with Gasteiger partial charge in [-0.15, -0.1) is 0 Å². The molecule has 1 saturated carbocycles. The van der Waals surface area contributed by atoms with Gasteiger partial charge < -0.3 is 10.4 Å². The SMILES string of the molecule is O=C(Nc1ncccc1O)[C@H]1C[C@@H]1c1ccc(F)cc1. The maximum absolute atomic E-state index is 12.8. The molecule has 0 saturated heterocycles. The van der Waals surface area contributed by atoms with Crippen LogP contribution in [-0.2, 0) is 4.79 Å². The number of carbonyl (C=O) groups is 1. The zero-order valence-corrected chi connectivity index (χ0v) is 10.6. The van der Waals surface area contributed by atoms with Crippen LogP contribution < -0.4 is 5.32 Å². The summed E-state index contributed by atoms with van der Waals surface area (Å²) < 4.78 is 12.8. The number of rotatable bonds is 3. The number of hydrogen-bond donors (Lipinski definition) is 2. The van der Waals surface area contributed by atoms with Gasteiger partial charge in [0.15, 0.2) is 11.6 Å². The molecule has 3 rings (SSSR count). The predicted molar refractivity (Wildman–Crippen MR) is 71.8 cm³/mol. The molecule has 4 nitrogen and oxygen atoms in total. The monoisotopic (exact) mass is 272 g/mol. The highest BCUT2D eigenvalue weighted by molar-refractivity contribution is 5.95. The molecule has 5 heteroatoms. The van der Waals surface area contributed by atoms with E-state index in [1.807, 2.05) is 0 Å². The van der Waals surface area contributed by atoms with Gasteiger partial charge in [0, 0.05) is 12.1 Å². The quantitative estimate of drug-likeness (QED) is 0.903. The fourth-order valence-corrected chi connectivity index (χ4v) is 2.27. The summed E-state index contributed by atoms with van der Waals surface area (Å²) in [6.45, 7) is 0. The normalized spacial score (nSPS) is 20.4. The summed E-state index contributed by atoms with van der Waals surface area (Å²) in [5.74, 6) is -0.382. The molecule has 0 radical (unpaired) electrons. The number of benzene rings is 1. The lowest BCUT2D eigenvalue weighted by Crippen LogP contribution is -2.15. The Morgan fingerprint density at radius 2 is 2.05 bits per heavy atom. The lowest BCUT2D eigenvalue weighted by atomic mass is 10.1. The molecule has 1 aliphatic carbocycles. The molecule has 2 atom stereocenters. The van der Waals surface area contributed by atoms with Gasteiger partial charge in [-0.1, -0.05) is 12.1 Å². The molecular weight excluding hydrogens is 259 g/mol. The Kier molecular flexibility index (Phi) is 3.10. The summed E-state index contributed by atoms with van der Waals surface area (Å²) in [6.07, 6.45) is 2.23. The van der Waals surface area contributed by atoms with E-state index in [2.05, 4.69) is 10.3 Å². The van der Waals surface area contributed by atoms with E-state index in [1.54, 1.807) is 18.2 Å². The van der Waals surface area contributed by atoms with Crippen molar-refractivity contribution in [3.05, 3.63) is 54.0 Å². The van der Waals surface area contributed by atoms with Crippen LogP contribution in [0.15, 0.2) is 42.6 Å². The van der Waals surface area contributed by atoms with Gasteiger partial charge in [0.25, 0.3) is 0 Å². The van der Waals surface area contributed by atoms with Crippen molar-refractivity contribution < 1.29 is 14.3 Å². The molecule has 1 heterocycles. The van der Waals surface area contributed by atoms with Crippen molar-refractivity contribution in [2.24, 2.45) is 5.92 Å². The molecule has 1 fully saturated rings. The predicted octanol–water partition coefficient (Wildman–Crippen LogP) is 2.67. The van der Waals surface area contributed by atoms with E-state index in [9.17, 15) is 14.3 Å². The van der Waals surface area contributed by atoms with Crippen LogP contribution in [0.3, 0.4) is 0 Å². The summed E-state index contributed by atoms with van der Waals surface area (Å²) in [6, 6.07) is 9.24. The highest BCUT2D eigenvalue weighted by Crippen LogP contribution is 2.48. The van der Waals surface area contributed by atoms with Gasteiger partial charge in [0.05, 0.1) is 0 Å². The summed E-state index contributed by atoms with van der Waals surface area (Å²) >= 11 is 0. The number of nitrogens with zero attached hydrogens (tertiary/aromatic N) is 1. The van der Waals surface area contributed by atoms with Crippen LogP contribution in [0.1, 0.15) is 17.9 Å². The molecule has 0 aliphatic heterocycles. The van der Waals surface area contributed by atoms with Crippen molar-refractivity contribution in [1.82, 2.24) is 4.98 Å². The number of aromatic hydroxyl groups is 1. The van der Waals surface area contributed by atoms with Crippen molar-refractivity contribution in [3.8, 4) is 5.75 Å². The molecule has 2 N–H and O–H groups in total. The van der Waals surface area contributed by atoms with Crippen molar-refractivity contribution >= 4 is 11.7 Å². The standard InChI is InChI=1S/C15H13FN2O2/c16-10-5-3-9(4-6-10)11-8-12(11)15(20)18-14-13(19)2-1-7-17-14/h1-7,11-12,19H,8H2,(H,17,18,20)/t11-,12+/m1/s1. The van der Waals surface area contributed by atoms with E-state index in [1.165, 1.54) is 24.4 Å². The van der Waals surface area contributed by atoms with Crippen LogP contribution in [0.5, 0.6) is 5.75 Å². The van der Waals surface area contributed by atoms with E-state index in [4.69, 9.17) is 0 Å². The van der Waals surface area contributed by atoms with E-state index < -0.39 is 0 Å². The van der Waals surface area contributed by atoms with Crippen molar-refractivity contribution in [1.29, 1.82) is 0 Å². The fourth-order valence-electron chi connectivity index (χ4n) is 2.27. The second-order valence-electron chi connectivity index (χ2n) is 4.86. The Labute approximate surface area is 115 Å². The van der Waals surface area contributed by atoms with Gasteiger partial charge in [-0.25, -0.2) is 9.37 Å². The highest BCUT2D eigenvalue weighted by Gasteiger charge is 2.44. The largest absolute Gasteiger partial charge is 0.504 e. The number of halogens is 1. The molecule has 1 aromatic carbocycles. The van der Waals surface area contributed by atoms with Crippen molar-refractivity contribution in [2.45, 2.75) is 12.3 Å². The zero-order chi connectivity index (χ0) is 14.1. The lowest BCUT2D eigenvalue weighted by Gasteiger charge is -2.05. The minimum atomic E-state index is -0.284. The second kappa shape index (κ2) is 4.92. The third-order valence-electron chi connectivity index (χ3n) is 3.45. The maximum Gasteiger partial charge on any atom is 0.229 e. The Morgan fingerprint density at radius 3 is 2.75 bits per heavy atom. The molecule has 1 amide bonds. The number of aromatic nitrogens is 1. The Balaban J connectivity index is 1.66. The first kappa shape index (κ1) is 12.6. The minimum Gasteiger partial charge on any atom is -0.504 e. The third kappa shape index (κ3) is 2.47. The Bertz CT molecular complexity index is 643. The maximum atomic E-state index is 12.8. The molecule has 1 aliphatic rings. The molecule has 0 bridgehead atoms. The van der Waals surface area contributed by atoms with E-state index in [-0.39, 0.29) is 35.1 Å². The van der Waals surface area contributed by atoms with E-state index in [0.29, 0.717) is 0 Å². The number of anilines is 1. The van der Waals surface area contributed by atoms with Gasteiger partial charge in [-0.3, -0.25) is 4.79 Å². The number of nitrogens with one attached hydrogen (secondary N) is 1. The molecule has 20 heavy (non-hydrogen) atoms. The topological polar surface area (TPSA) is 62.2 Å². The van der Waals surface area contributed by atoms with Crippen molar-refractivity contribution in [3.63, 3.8) is 0 Å². The number of carbonyl (C=O) groups excluding carboxylic acids is 1. The summed E-state index contributed by atoms with van der Waals surface area (Å²) in [5.41, 5.74) is 0.955. The van der Waals surface area contributed by atoms with Crippen LogP contribution in [0.25, 0.3) is 0 Å². The van der Waals surface area contributed by atoms with Crippen molar-refractivity contribution in [2.75, 3.05) is 5.32 Å². The average Bonchev–Trinajstić information content (AvgIpc) is 3.23. The molecule has 102 valence electrons. The number of hydrogen-bond acceptors (Lipinski definition) is 3. The number of amides is 1. The van der Waals surface area contributed by atoms with Crippen LogP contribution in [0.4, 0.5) is 10.2 Å². The van der Waals surface area contributed by atoms with Crippen LogP contribution >= 0.6 is 0 Å². The van der Waals surface area contributed by atoms with Gasteiger partial charge in [0.2, 0.25) is 5.91 Å². The Morgan fingerprint density at radius 1 is 1.30 bits per heavy atom. The summed E-state index contributed by atoms with van der Waals surface area (Å²) in [5, 5.41) is 12.2. The van der Waals surface area contributed by atoms with Gasteiger partial charge in [-0.05, 0) is 42.2 Å². The van der Waals surface area contributed by atoms with E-state index >= 15 is 0 Å². The summed E-state index contributed by atoms with van der Waals surface area (Å²) in [7, 11) is 0. The first-order valence-corrected chi connectivity index (χ1v) is 6.35. The number of pyridine rings is 1. The first-order valence-electron chi connectivity index (χ1n) is 6.35. The van der Waals surface area contributed by atoms with E-state index in [0.717, 1.165) is 12.0 Å². The molecule has 1 aromatic heterocycles. The van der Waals surface area contributed by atoms with Gasteiger partial charge in [0.1, 0.15) is 5.82 Å². The lowest BCUT2D eigenvalue weighted by molar-refractivity contribution is -0.117. The minimum absolute atomic E-state index is 0.0557. The highest BCUT2D eigenvalue weighted by atomic mass is 19.1. The van der Waals surface area contributed by atoms with Crippen LogP contribution in [0.2, 0.25) is 0 Å². The smallest absolute Gasteiger partial charge is 0.229 e. The third-order valence-corrected chi connectivity index (χ3v) is 3.45. The molecule has 0 unspecified atom stereocenters. The first-order chi connectivity index (χ1) is 9.65. The van der Waals surface area contributed by atoms with Gasteiger partial charge in [-0.2, -0.15) is 0 Å². The van der Waals surface area contributed by atoms with Crippen LogP contribution in [0, 0.1) is 11.7 Å². The second-order valence-corrected chi connectivity index (χ2v) is 4.86. The molecular formula is C15H13FN2O2. The molecule has 0 spiro atoms.